The normalized spacial score (nSPS) is 11.8. The van der Waals surface area contributed by atoms with Crippen LogP contribution in [-0.4, -0.2) is 57.6 Å². The minimum Gasteiger partial charge on any atom is -0.493 e. The predicted molar refractivity (Wildman–Crippen MR) is 138 cm³/mol. The SMILES string of the molecule is COc1cc2c(NS(=O)(=O)c3ccc(Sc4cccs4)s3)ncnc2cc1OCCCN(C)C. The number of hydrogen-bond donors (Lipinski definition) is 1. The topological polar surface area (TPSA) is 93.6 Å². The van der Waals surface area contributed by atoms with Crippen molar-refractivity contribution in [2.75, 3.05) is 39.1 Å². The van der Waals surface area contributed by atoms with Crippen LogP contribution < -0.4 is 14.2 Å². The summed E-state index contributed by atoms with van der Waals surface area (Å²) in [6, 6.07) is 10.8. The zero-order valence-electron chi connectivity index (χ0n) is 18.8. The highest BCUT2D eigenvalue weighted by Gasteiger charge is 2.21. The number of nitrogens with zero attached hydrogens (tertiary/aromatic N) is 3. The Kier molecular flexibility index (Phi) is 7.94. The number of sulfonamides is 1. The fourth-order valence-electron chi connectivity index (χ4n) is 3.08. The van der Waals surface area contributed by atoms with E-state index < -0.39 is 10.0 Å². The molecule has 1 aromatic carbocycles. The fraction of sp³-hybridized carbons (Fsp3) is 0.273. The average molecular weight is 537 g/mol. The molecule has 34 heavy (non-hydrogen) atoms. The van der Waals surface area contributed by atoms with E-state index in [1.807, 2.05) is 37.7 Å². The van der Waals surface area contributed by atoms with Crippen LogP contribution in [0.15, 0.2) is 60.7 Å². The Morgan fingerprint density at radius 3 is 2.71 bits per heavy atom. The first-order chi connectivity index (χ1) is 16.4. The van der Waals surface area contributed by atoms with E-state index in [0.717, 1.165) is 21.4 Å². The predicted octanol–water partition coefficient (Wildman–Crippen LogP) is 5.04. The second-order valence-electron chi connectivity index (χ2n) is 7.46. The number of nitrogens with one attached hydrogen (secondary N) is 1. The molecule has 4 rings (SSSR count). The van der Waals surface area contributed by atoms with Crippen LogP contribution in [0.2, 0.25) is 0 Å². The van der Waals surface area contributed by atoms with Gasteiger partial charge in [-0.3, -0.25) is 4.72 Å². The smallest absolute Gasteiger partial charge is 0.272 e. The molecular formula is C22H24N4O4S4. The molecule has 12 heteroatoms. The number of rotatable bonds is 11. The molecule has 0 amide bonds. The van der Waals surface area contributed by atoms with Crippen molar-refractivity contribution in [3.8, 4) is 11.5 Å². The molecule has 0 radical (unpaired) electrons. The maximum absolute atomic E-state index is 13.1. The average Bonchev–Trinajstić information content (AvgIpc) is 3.49. The minimum absolute atomic E-state index is 0.184. The summed E-state index contributed by atoms with van der Waals surface area (Å²) in [6.07, 6.45) is 2.19. The Morgan fingerprint density at radius 2 is 1.97 bits per heavy atom. The molecule has 3 heterocycles. The number of thiophene rings is 2. The maximum Gasteiger partial charge on any atom is 0.272 e. The van der Waals surface area contributed by atoms with E-state index in [-0.39, 0.29) is 10.0 Å². The summed E-state index contributed by atoms with van der Waals surface area (Å²) < 4.78 is 42.4. The van der Waals surface area contributed by atoms with Crippen LogP contribution in [0.5, 0.6) is 11.5 Å². The third-order valence-corrected chi connectivity index (χ3v) is 9.76. The van der Waals surface area contributed by atoms with Crippen molar-refractivity contribution < 1.29 is 17.9 Å². The second-order valence-corrected chi connectivity index (χ2v) is 13.0. The lowest BCUT2D eigenvalue weighted by Crippen LogP contribution is -2.15. The molecule has 0 fully saturated rings. The van der Waals surface area contributed by atoms with Gasteiger partial charge in [-0.1, -0.05) is 17.8 Å². The summed E-state index contributed by atoms with van der Waals surface area (Å²) in [6.45, 7) is 1.43. The number of ether oxygens (including phenoxy) is 2. The number of anilines is 1. The largest absolute Gasteiger partial charge is 0.493 e. The molecule has 4 aromatic rings. The maximum atomic E-state index is 13.1. The molecule has 3 aromatic heterocycles. The summed E-state index contributed by atoms with van der Waals surface area (Å²) in [4.78, 5) is 10.6. The van der Waals surface area contributed by atoms with Gasteiger partial charge in [-0.15, -0.1) is 22.7 Å². The highest BCUT2D eigenvalue weighted by Crippen LogP contribution is 2.38. The number of aromatic nitrogens is 2. The lowest BCUT2D eigenvalue weighted by atomic mass is 10.2. The van der Waals surface area contributed by atoms with Gasteiger partial charge in [-0.25, -0.2) is 18.4 Å². The van der Waals surface area contributed by atoms with Crippen molar-refractivity contribution in [1.82, 2.24) is 14.9 Å². The first-order valence-corrected chi connectivity index (χ1v) is 14.3. The van der Waals surface area contributed by atoms with Crippen LogP contribution >= 0.6 is 34.4 Å². The van der Waals surface area contributed by atoms with Crippen molar-refractivity contribution in [3.05, 3.63) is 48.1 Å². The molecule has 0 saturated heterocycles. The van der Waals surface area contributed by atoms with Crippen molar-refractivity contribution in [1.29, 1.82) is 0 Å². The number of benzene rings is 1. The van der Waals surface area contributed by atoms with Crippen LogP contribution in [0.1, 0.15) is 6.42 Å². The Labute approximate surface area is 211 Å². The number of methoxy groups -OCH3 is 1. The number of hydrogen-bond acceptors (Lipinski definition) is 10. The van der Waals surface area contributed by atoms with Gasteiger partial charge >= 0.3 is 0 Å². The summed E-state index contributed by atoms with van der Waals surface area (Å²) in [5.74, 6) is 1.22. The lowest BCUT2D eigenvalue weighted by molar-refractivity contribution is 0.268. The molecule has 180 valence electrons. The molecule has 1 N–H and O–H groups in total. The van der Waals surface area contributed by atoms with E-state index in [1.165, 1.54) is 17.7 Å². The van der Waals surface area contributed by atoms with Crippen molar-refractivity contribution in [2.45, 2.75) is 19.0 Å². The zero-order chi connectivity index (χ0) is 24.1. The lowest BCUT2D eigenvalue weighted by Gasteiger charge is -2.14. The van der Waals surface area contributed by atoms with Gasteiger partial charge in [0.1, 0.15) is 10.5 Å². The van der Waals surface area contributed by atoms with Crippen LogP contribution in [0.25, 0.3) is 10.9 Å². The Morgan fingerprint density at radius 1 is 1.12 bits per heavy atom. The van der Waals surface area contributed by atoms with Crippen LogP contribution in [0, 0.1) is 0 Å². The van der Waals surface area contributed by atoms with Gasteiger partial charge in [0.2, 0.25) is 0 Å². The Hall–Kier alpha value is -2.38. The standard InChI is InChI=1S/C22H24N4O4S4/c1-26(2)9-5-10-30-18-13-16-15(12-17(18)29-3)22(24-14-23-16)25-34(27,28)21-8-7-20(33-21)32-19-6-4-11-31-19/h4,6-8,11-14H,5,9-10H2,1-3H3,(H,23,24,25). The first kappa shape index (κ1) is 24.7. The molecule has 0 bridgehead atoms. The van der Waals surface area contributed by atoms with Gasteiger partial charge in [0.05, 0.1) is 27.7 Å². The fourth-order valence-corrected chi connectivity index (χ4v) is 7.73. The van der Waals surface area contributed by atoms with E-state index in [1.54, 1.807) is 48.4 Å². The molecule has 0 atom stereocenters. The van der Waals surface area contributed by atoms with E-state index in [0.29, 0.717) is 29.0 Å². The monoisotopic (exact) mass is 536 g/mol. The van der Waals surface area contributed by atoms with Gasteiger partial charge in [0.15, 0.2) is 17.3 Å². The van der Waals surface area contributed by atoms with Gasteiger partial charge < -0.3 is 14.4 Å². The molecule has 0 aliphatic rings. The van der Waals surface area contributed by atoms with Crippen molar-refractivity contribution in [3.63, 3.8) is 0 Å². The zero-order valence-corrected chi connectivity index (χ0v) is 22.1. The van der Waals surface area contributed by atoms with Crippen LogP contribution in [0.4, 0.5) is 5.82 Å². The van der Waals surface area contributed by atoms with Crippen molar-refractivity contribution in [2.24, 2.45) is 0 Å². The van der Waals surface area contributed by atoms with Gasteiger partial charge in [-0.2, -0.15) is 0 Å². The summed E-state index contributed by atoms with van der Waals surface area (Å²) in [7, 11) is 1.73. The molecule has 0 saturated carbocycles. The minimum atomic E-state index is -3.83. The Balaban J connectivity index is 1.56. The highest BCUT2D eigenvalue weighted by molar-refractivity contribution is 8.03. The van der Waals surface area contributed by atoms with Gasteiger partial charge in [0.25, 0.3) is 10.0 Å². The van der Waals surface area contributed by atoms with E-state index in [2.05, 4.69) is 19.6 Å². The first-order valence-electron chi connectivity index (χ1n) is 10.3. The van der Waals surface area contributed by atoms with Crippen LogP contribution in [0.3, 0.4) is 0 Å². The third-order valence-electron chi connectivity index (χ3n) is 4.68. The van der Waals surface area contributed by atoms with E-state index >= 15 is 0 Å². The quantitative estimate of drug-likeness (QED) is 0.266. The molecule has 8 nitrogen and oxygen atoms in total. The highest BCUT2D eigenvalue weighted by atomic mass is 32.3. The molecule has 0 spiro atoms. The second kappa shape index (κ2) is 10.9. The Bertz CT molecular complexity index is 1350. The summed E-state index contributed by atoms with van der Waals surface area (Å²) in [5, 5.41) is 2.51. The van der Waals surface area contributed by atoms with Crippen LogP contribution in [-0.2, 0) is 10.0 Å². The molecule has 0 aliphatic heterocycles. The van der Waals surface area contributed by atoms with E-state index in [9.17, 15) is 8.42 Å². The van der Waals surface area contributed by atoms with Crippen molar-refractivity contribution >= 4 is 61.2 Å². The van der Waals surface area contributed by atoms with Gasteiger partial charge in [0, 0.05) is 18.0 Å². The molecular weight excluding hydrogens is 513 g/mol. The van der Waals surface area contributed by atoms with Gasteiger partial charge in [-0.05, 0) is 50.2 Å². The number of fused-ring (bicyclic) bond motifs is 1. The van der Waals surface area contributed by atoms with E-state index in [4.69, 9.17) is 9.47 Å². The summed E-state index contributed by atoms with van der Waals surface area (Å²) in [5.41, 5.74) is 0.552. The molecule has 0 unspecified atom stereocenters. The molecule has 0 aliphatic carbocycles. The summed E-state index contributed by atoms with van der Waals surface area (Å²) >= 11 is 4.37. The third kappa shape index (κ3) is 5.99.